The first kappa shape index (κ1) is 24.6. The van der Waals surface area contributed by atoms with Crippen LogP contribution in [0.5, 0.6) is 5.75 Å². The van der Waals surface area contributed by atoms with Crippen LogP contribution in [-0.2, 0) is 16.2 Å². The highest BCUT2D eigenvalue weighted by atomic mass is 35.5. The maximum Gasteiger partial charge on any atom is 0.274 e. The monoisotopic (exact) mass is 543 g/mol. The van der Waals surface area contributed by atoms with E-state index < -0.39 is 23.9 Å². The lowest BCUT2D eigenvalue weighted by Gasteiger charge is -2.29. The van der Waals surface area contributed by atoms with Crippen LogP contribution in [0.15, 0.2) is 41.6 Å². The van der Waals surface area contributed by atoms with Gasteiger partial charge in [-0.15, -0.1) is 11.3 Å². The van der Waals surface area contributed by atoms with E-state index in [0.717, 1.165) is 54.4 Å². The number of fused-ring (bicyclic) bond motifs is 3. The number of nitrogens with zero attached hydrogens (tertiary/aromatic N) is 2. The second-order valence-electron chi connectivity index (χ2n) is 9.81. The largest absolute Gasteiger partial charge is 0.487 e. The summed E-state index contributed by atoms with van der Waals surface area (Å²) in [4.78, 5) is 21.1. The van der Waals surface area contributed by atoms with Crippen LogP contribution in [0.3, 0.4) is 0 Å². The van der Waals surface area contributed by atoms with Gasteiger partial charge >= 0.3 is 0 Å². The number of aliphatic hydroxyl groups excluding tert-OH is 1. The predicted molar refractivity (Wildman–Crippen MR) is 141 cm³/mol. The van der Waals surface area contributed by atoms with E-state index in [4.69, 9.17) is 21.2 Å². The highest BCUT2D eigenvalue weighted by Crippen LogP contribution is 2.36. The quantitative estimate of drug-likeness (QED) is 0.427. The molecule has 2 atom stereocenters. The first-order valence-electron chi connectivity index (χ1n) is 12.5. The van der Waals surface area contributed by atoms with Gasteiger partial charge in [-0.1, -0.05) is 35.0 Å². The Morgan fingerprint density at radius 1 is 1.27 bits per heavy atom. The number of benzene rings is 2. The van der Waals surface area contributed by atoms with Gasteiger partial charge in [0.15, 0.2) is 17.3 Å². The van der Waals surface area contributed by atoms with Crippen LogP contribution in [0.1, 0.15) is 48.5 Å². The van der Waals surface area contributed by atoms with Crippen LogP contribution in [-0.4, -0.2) is 53.4 Å². The van der Waals surface area contributed by atoms with Gasteiger partial charge in [0.25, 0.3) is 5.91 Å². The predicted octanol–water partition coefficient (Wildman–Crippen LogP) is 4.78. The van der Waals surface area contributed by atoms with E-state index in [1.54, 1.807) is 12.1 Å². The molecule has 3 heterocycles. The molecule has 2 aliphatic heterocycles. The number of thiophene rings is 1. The number of nitrogens with one attached hydrogen (secondary N) is 1. The number of aliphatic hydroxyl groups is 1. The summed E-state index contributed by atoms with van der Waals surface area (Å²) < 4.78 is 22.0. The first-order chi connectivity index (χ1) is 18.0. The molecule has 2 unspecified atom stereocenters. The van der Waals surface area contributed by atoms with Crippen molar-refractivity contribution in [2.75, 3.05) is 19.6 Å². The number of hydrogen-bond donors (Lipinski definition) is 2. The molecule has 3 aliphatic rings. The lowest BCUT2D eigenvalue weighted by molar-refractivity contribution is -0.116. The van der Waals surface area contributed by atoms with Gasteiger partial charge in [-0.05, 0) is 67.9 Å². The van der Waals surface area contributed by atoms with Gasteiger partial charge in [0.1, 0.15) is 12.7 Å². The van der Waals surface area contributed by atoms with Crippen LogP contribution >= 0.6 is 22.9 Å². The third kappa shape index (κ3) is 5.18. The molecule has 1 saturated heterocycles. The van der Waals surface area contributed by atoms with Crippen molar-refractivity contribution < 1.29 is 23.9 Å². The van der Waals surface area contributed by atoms with Crippen LogP contribution in [0.4, 0.5) is 4.39 Å². The molecule has 0 spiro atoms. The summed E-state index contributed by atoms with van der Waals surface area (Å²) in [5, 5.41) is 19.3. The summed E-state index contributed by atoms with van der Waals surface area (Å²) >= 11 is 7.65. The Morgan fingerprint density at radius 3 is 2.84 bits per heavy atom. The molecule has 3 aromatic rings. The molecule has 1 saturated carbocycles. The van der Waals surface area contributed by atoms with Crippen LogP contribution in [0, 0.1) is 5.82 Å². The number of likely N-dealkylation sites (tertiary alicyclic amines) is 1. The van der Waals surface area contributed by atoms with Gasteiger partial charge in [-0.2, -0.15) is 0 Å². The maximum atomic E-state index is 14.7. The zero-order chi connectivity index (χ0) is 25.5. The normalized spacial score (nSPS) is 19.2. The number of carbonyl (C=O) groups excluding carboxylic acids is 1. The molecule has 0 bridgehead atoms. The highest BCUT2D eigenvalue weighted by molar-refractivity contribution is 7.22. The lowest BCUT2D eigenvalue weighted by atomic mass is 9.98. The number of hydrogen-bond acceptors (Lipinski definition) is 7. The van der Waals surface area contributed by atoms with Crippen molar-refractivity contribution in [1.82, 2.24) is 10.2 Å². The molecule has 1 amide bonds. The van der Waals surface area contributed by atoms with Crippen LogP contribution in [0.25, 0.3) is 10.1 Å². The summed E-state index contributed by atoms with van der Waals surface area (Å²) in [6.07, 6.45) is 2.92. The van der Waals surface area contributed by atoms with E-state index in [1.165, 1.54) is 17.4 Å². The summed E-state index contributed by atoms with van der Waals surface area (Å²) in [6, 6.07) is 9.45. The average Bonchev–Trinajstić information content (AvgIpc) is 3.39. The zero-order valence-electron chi connectivity index (χ0n) is 20.1. The van der Waals surface area contributed by atoms with E-state index in [0.29, 0.717) is 22.0 Å². The number of ether oxygens (including phenoxy) is 1. The standard InChI is InChI=1S/C27H27ClFN3O4S/c28-23-12-16-3-7-18-19(26(16)37-23)14-35-31-24(18)27(34)30-21(13-32-9-1-2-10-32)25(33)15-4-8-22(20(29)11-15)36-17-5-6-17/h3-4,7-8,11-12,17,21,25,33H,1-2,5-6,9-10,13-14H2,(H,30,34). The summed E-state index contributed by atoms with van der Waals surface area (Å²) in [7, 11) is 0. The fraction of sp³-hybridized carbons (Fsp3) is 0.407. The molecule has 0 radical (unpaired) electrons. The third-order valence-corrected chi connectivity index (χ3v) is 8.40. The summed E-state index contributed by atoms with van der Waals surface area (Å²) in [5.41, 5.74) is 2.06. The molecular weight excluding hydrogens is 517 g/mol. The van der Waals surface area contributed by atoms with Crippen molar-refractivity contribution >= 4 is 44.6 Å². The molecule has 1 aliphatic carbocycles. The molecule has 194 valence electrons. The van der Waals surface area contributed by atoms with Gasteiger partial charge in [0.05, 0.1) is 16.5 Å². The SMILES string of the molecule is O=C(NC(CN1CCCC1)C(O)c1ccc(OC2CC2)c(F)c1)C1=NOCc2c1ccc1cc(Cl)sc21. The Labute approximate surface area is 222 Å². The van der Waals surface area contributed by atoms with E-state index in [2.05, 4.69) is 15.4 Å². The lowest BCUT2D eigenvalue weighted by Crippen LogP contribution is -2.49. The number of halogens is 2. The Hall–Kier alpha value is -2.72. The van der Waals surface area contributed by atoms with Crippen molar-refractivity contribution in [1.29, 1.82) is 0 Å². The topological polar surface area (TPSA) is 83.4 Å². The maximum absolute atomic E-state index is 14.7. The first-order valence-corrected chi connectivity index (χ1v) is 13.7. The van der Waals surface area contributed by atoms with E-state index in [1.807, 2.05) is 18.2 Å². The molecule has 2 aromatic carbocycles. The number of oxime groups is 1. The van der Waals surface area contributed by atoms with Gasteiger partial charge in [-0.3, -0.25) is 4.79 Å². The highest BCUT2D eigenvalue weighted by Gasteiger charge is 2.32. The second kappa shape index (κ2) is 10.2. The van der Waals surface area contributed by atoms with Gasteiger partial charge in [-0.25, -0.2) is 4.39 Å². The van der Waals surface area contributed by atoms with E-state index in [-0.39, 0.29) is 24.2 Å². The van der Waals surface area contributed by atoms with Crippen molar-refractivity contribution in [3.63, 3.8) is 0 Å². The molecule has 6 rings (SSSR count). The Kier molecular flexibility index (Phi) is 6.79. The van der Waals surface area contributed by atoms with Crippen molar-refractivity contribution in [3.8, 4) is 5.75 Å². The van der Waals surface area contributed by atoms with Crippen LogP contribution < -0.4 is 10.1 Å². The number of carbonyl (C=O) groups is 1. The zero-order valence-corrected chi connectivity index (χ0v) is 21.7. The van der Waals surface area contributed by atoms with Crippen LogP contribution in [0.2, 0.25) is 4.34 Å². The summed E-state index contributed by atoms with van der Waals surface area (Å²) in [5.74, 6) is -0.795. The number of rotatable bonds is 8. The van der Waals surface area contributed by atoms with Crippen molar-refractivity contribution in [2.45, 2.75) is 50.5 Å². The number of amides is 1. The average molecular weight is 544 g/mol. The van der Waals surface area contributed by atoms with E-state index in [9.17, 15) is 14.3 Å². The minimum absolute atomic E-state index is 0.0697. The van der Waals surface area contributed by atoms with Gasteiger partial charge < -0.3 is 24.9 Å². The molecule has 2 N–H and O–H groups in total. The molecule has 7 nitrogen and oxygen atoms in total. The molecule has 10 heteroatoms. The summed E-state index contributed by atoms with van der Waals surface area (Å²) in [6.45, 7) is 2.43. The minimum Gasteiger partial charge on any atom is -0.487 e. The minimum atomic E-state index is -1.13. The fourth-order valence-electron chi connectivity index (χ4n) is 4.97. The smallest absolute Gasteiger partial charge is 0.274 e. The Bertz CT molecular complexity index is 1370. The van der Waals surface area contributed by atoms with Gasteiger partial charge in [0.2, 0.25) is 0 Å². The fourth-order valence-corrected chi connectivity index (χ4v) is 6.23. The van der Waals surface area contributed by atoms with Crippen molar-refractivity contribution in [2.24, 2.45) is 5.16 Å². The van der Waals surface area contributed by atoms with E-state index >= 15 is 0 Å². The van der Waals surface area contributed by atoms with Crippen molar-refractivity contribution in [3.05, 3.63) is 63.2 Å². The third-order valence-electron chi connectivity index (χ3n) is 7.06. The molecular formula is C27H27ClFN3O4S. The molecule has 37 heavy (non-hydrogen) atoms. The van der Waals surface area contributed by atoms with Gasteiger partial charge in [0, 0.05) is 22.4 Å². The Morgan fingerprint density at radius 2 is 2.08 bits per heavy atom. The second-order valence-corrected chi connectivity index (χ2v) is 11.5. The molecule has 2 fully saturated rings. The molecule has 1 aromatic heterocycles. The Balaban J connectivity index is 1.25.